The molecule has 2 fully saturated rings. The molecule has 0 aliphatic carbocycles. The van der Waals surface area contributed by atoms with Crippen molar-refractivity contribution in [2.24, 2.45) is 11.8 Å². The van der Waals surface area contributed by atoms with Crippen LogP contribution in [0.5, 0.6) is 0 Å². The maximum atomic E-state index is 11.7. The summed E-state index contributed by atoms with van der Waals surface area (Å²) in [5, 5.41) is 22.7. The minimum Gasteiger partial charge on any atom is -0.432 e. The molecule has 1 aromatic carbocycles. The van der Waals surface area contributed by atoms with Crippen molar-refractivity contribution in [3.8, 4) is 5.95 Å². The zero-order valence-corrected chi connectivity index (χ0v) is 39.9. The lowest BCUT2D eigenvalue weighted by Crippen LogP contribution is -2.46. The Bertz CT molecular complexity index is 2020. The molecule has 0 radical (unpaired) electrons. The third-order valence-corrected chi connectivity index (χ3v) is 25.5. The smallest absolute Gasteiger partial charge is 0.256 e. The second-order valence-electron chi connectivity index (χ2n) is 20.6. The Labute approximate surface area is 347 Å². The summed E-state index contributed by atoms with van der Waals surface area (Å²) < 4.78 is 23.4. The normalized spacial score (nSPS) is 23.2. The van der Waals surface area contributed by atoms with E-state index in [9.17, 15) is 14.7 Å². The molecular weight excluding hydrogens is 785 g/mol. The number of anilines is 1. The van der Waals surface area contributed by atoms with E-state index in [0.29, 0.717) is 54.5 Å². The van der Waals surface area contributed by atoms with Gasteiger partial charge in [0.25, 0.3) is 5.95 Å². The summed E-state index contributed by atoms with van der Waals surface area (Å²) in [4.78, 5) is 38.3. The van der Waals surface area contributed by atoms with Gasteiger partial charge in [-0.25, -0.2) is 4.98 Å². The number of hydrogen-bond acceptors (Lipinski definition) is 12. The van der Waals surface area contributed by atoms with Gasteiger partial charge in [-0.2, -0.15) is 14.6 Å². The number of benzene rings is 1. The van der Waals surface area contributed by atoms with Gasteiger partial charge in [0.1, 0.15) is 18.0 Å². The molecule has 2 aliphatic rings. The van der Waals surface area contributed by atoms with E-state index in [0.717, 1.165) is 12.8 Å². The second kappa shape index (κ2) is 16.2. The van der Waals surface area contributed by atoms with Crippen LogP contribution in [-0.2, 0) is 13.9 Å². The number of aliphatic hydroxyl groups is 1. The number of rotatable bonds is 15. The summed E-state index contributed by atoms with van der Waals surface area (Å²) in [5.74, 6) is 0.699. The van der Waals surface area contributed by atoms with Crippen LogP contribution in [0.4, 0.5) is 5.82 Å². The van der Waals surface area contributed by atoms with Crippen LogP contribution in [-0.4, -0.2) is 106 Å². The third-order valence-electron chi connectivity index (χ3n) is 14.0. The van der Waals surface area contributed by atoms with Crippen LogP contribution in [0.3, 0.4) is 0 Å². The Morgan fingerprint density at radius 3 is 2.14 bits per heavy atom. The summed E-state index contributed by atoms with van der Waals surface area (Å²) >= 11 is 0. The van der Waals surface area contributed by atoms with Crippen LogP contribution in [0.2, 0.25) is 54.4 Å². The summed E-state index contributed by atoms with van der Waals surface area (Å²) in [6, 6.07) is 9.37. The number of aromatic nitrogens is 7. The van der Waals surface area contributed by atoms with Gasteiger partial charge in [0, 0.05) is 12.5 Å². The highest BCUT2D eigenvalue weighted by atomic mass is 28.4. The van der Waals surface area contributed by atoms with Gasteiger partial charge in [0.2, 0.25) is 0 Å². The molecule has 4 N–H and O–H groups in total. The minimum atomic E-state index is -2.69. The Morgan fingerprint density at radius 1 is 0.914 bits per heavy atom. The number of nitrogens with one attached hydrogen (secondary N) is 1. The molecule has 2 unspecified atom stereocenters. The Kier molecular flexibility index (Phi) is 12.5. The molecule has 320 valence electrons. The maximum absolute atomic E-state index is 11.7. The highest BCUT2D eigenvalue weighted by Gasteiger charge is 2.54. The molecule has 17 heteroatoms. The van der Waals surface area contributed by atoms with E-state index in [1.165, 1.54) is 4.68 Å². The fraction of sp³-hybridized carbons (Fsp3) is 0.683. The fourth-order valence-electron chi connectivity index (χ4n) is 7.46. The summed E-state index contributed by atoms with van der Waals surface area (Å²) in [7, 11) is -7.51. The van der Waals surface area contributed by atoms with Crippen molar-refractivity contribution in [2.45, 2.75) is 147 Å². The molecular formula is C41H68N8O6Si3. The highest BCUT2D eigenvalue weighted by Crippen LogP contribution is 2.56. The lowest BCUT2D eigenvalue weighted by molar-refractivity contribution is -0.0353. The fourth-order valence-corrected chi connectivity index (χ4v) is 9.95. The molecule has 5 heterocycles. The first kappa shape index (κ1) is 44.7. The topological polar surface area (TPSA) is 175 Å². The van der Waals surface area contributed by atoms with Crippen LogP contribution in [0, 0.1) is 11.8 Å². The van der Waals surface area contributed by atoms with Crippen LogP contribution in [0.25, 0.3) is 17.1 Å². The molecule has 6 atom stereocenters. The van der Waals surface area contributed by atoms with Gasteiger partial charge >= 0.3 is 0 Å². The lowest BCUT2D eigenvalue weighted by Gasteiger charge is -2.43. The van der Waals surface area contributed by atoms with Gasteiger partial charge in [0.05, 0.1) is 37.9 Å². The maximum Gasteiger partial charge on any atom is 0.256 e. The van der Waals surface area contributed by atoms with Gasteiger partial charge in [-0.1, -0.05) is 84.0 Å². The molecule has 0 spiro atoms. The van der Waals surface area contributed by atoms with E-state index in [1.54, 1.807) is 12.5 Å². The van der Waals surface area contributed by atoms with E-state index in [4.69, 9.17) is 28.9 Å². The average molecular weight is 853 g/mol. The molecule has 0 amide bonds. The summed E-state index contributed by atoms with van der Waals surface area (Å²) in [6.07, 6.45) is 3.89. The molecule has 0 bridgehead atoms. The van der Waals surface area contributed by atoms with Crippen molar-refractivity contribution in [3.05, 3.63) is 54.1 Å². The third kappa shape index (κ3) is 9.22. The van der Waals surface area contributed by atoms with Crippen molar-refractivity contribution < 1.29 is 28.6 Å². The first-order chi connectivity index (χ1) is 26.8. The van der Waals surface area contributed by atoms with Crippen molar-refractivity contribution in [2.75, 3.05) is 25.1 Å². The van der Waals surface area contributed by atoms with Crippen LogP contribution in [0.15, 0.2) is 42.9 Å². The standard InChI is InChI=1S/C41H68N8O6Si3/c1-39(2,3)58(12,13)54-25-32-29(21-40(4,5)56(8,9)51)30(22-41(6,7)57(10,11)52)37(55-32)48-26-42-33-35(43-28-19-20-53-24-28)44-38(45-36(33)48)49-23-31(46-47-49)34(50)27-17-15-14-16-18-27/h14-18,23,26,28-30,32,34,37,50-52H,19-22,24-25H2,1-13H3,(H,43,44,45)/t28?,29-,30+,32+,34?,37+/m0/s1. The van der Waals surface area contributed by atoms with Crippen LogP contribution in [0.1, 0.15) is 91.3 Å². The van der Waals surface area contributed by atoms with Crippen molar-refractivity contribution in [1.82, 2.24) is 34.5 Å². The van der Waals surface area contributed by atoms with E-state index in [-0.39, 0.29) is 45.0 Å². The molecule has 6 rings (SSSR count). The van der Waals surface area contributed by atoms with Gasteiger partial charge in [-0.05, 0) is 85.1 Å². The molecule has 14 nitrogen and oxygen atoms in total. The molecule has 2 saturated heterocycles. The van der Waals surface area contributed by atoms with E-state index in [2.05, 4.69) is 77.2 Å². The second-order valence-corrected chi connectivity index (χ2v) is 34.3. The zero-order valence-electron chi connectivity index (χ0n) is 36.9. The minimum absolute atomic E-state index is 0.00761. The summed E-state index contributed by atoms with van der Waals surface area (Å²) in [6.45, 7) is 29.7. The summed E-state index contributed by atoms with van der Waals surface area (Å²) in [5.41, 5.74) is 2.21. The Hall–Kier alpha value is -2.88. The Morgan fingerprint density at radius 2 is 1.55 bits per heavy atom. The first-order valence-corrected chi connectivity index (χ1v) is 29.6. The van der Waals surface area contributed by atoms with E-state index < -0.39 is 37.3 Å². The van der Waals surface area contributed by atoms with Gasteiger partial charge in [-0.3, -0.25) is 4.57 Å². The molecule has 0 saturated carbocycles. The molecule has 2 aliphatic heterocycles. The van der Waals surface area contributed by atoms with Crippen LogP contribution >= 0.6 is 0 Å². The largest absolute Gasteiger partial charge is 0.432 e. The molecule has 4 aromatic rings. The zero-order chi connectivity index (χ0) is 42.6. The number of nitrogens with zero attached hydrogens (tertiary/aromatic N) is 7. The van der Waals surface area contributed by atoms with Crippen molar-refractivity contribution >= 4 is 41.9 Å². The number of hydrogen-bond donors (Lipinski definition) is 4. The number of imidazole rings is 1. The predicted octanol–water partition coefficient (Wildman–Crippen LogP) is 7.58. The first-order valence-electron chi connectivity index (χ1n) is 20.8. The number of fused-ring (bicyclic) bond motifs is 1. The number of ether oxygens (including phenoxy) is 2. The number of aliphatic hydroxyl groups excluding tert-OH is 1. The average Bonchev–Trinajstić information content (AvgIpc) is 3.94. The van der Waals surface area contributed by atoms with Crippen LogP contribution < -0.4 is 5.32 Å². The SMILES string of the molecule is CC(C)(C[C@@H]1[C@H](CC(C)(C)[Si](C)(C)O)[C@@H](CO[Si](C)(C)C(C)(C)C)O[C@H]1n1cnc2c(NC3CCOC3)nc(-n3cc(C(O)c4ccccc4)nn3)nc21)[Si](C)(C)O. The van der Waals surface area contributed by atoms with Gasteiger partial charge in [-0.15, -0.1) is 5.10 Å². The highest BCUT2D eigenvalue weighted by molar-refractivity contribution is 6.74. The molecule has 3 aromatic heterocycles. The quantitative estimate of drug-likeness (QED) is 0.0865. The monoisotopic (exact) mass is 852 g/mol. The lowest BCUT2D eigenvalue weighted by atomic mass is 9.78. The predicted molar refractivity (Wildman–Crippen MR) is 234 cm³/mol. The van der Waals surface area contributed by atoms with Gasteiger partial charge in [0.15, 0.2) is 41.9 Å². The van der Waals surface area contributed by atoms with E-state index >= 15 is 0 Å². The Balaban J connectivity index is 1.49. The van der Waals surface area contributed by atoms with Gasteiger partial charge < -0.3 is 33.9 Å². The molecule has 58 heavy (non-hydrogen) atoms. The van der Waals surface area contributed by atoms with E-state index in [1.807, 2.05) is 61.1 Å². The van der Waals surface area contributed by atoms with Crippen molar-refractivity contribution in [1.29, 1.82) is 0 Å². The van der Waals surface area contributed by atoms with Crippen molar-refractivity contribution in [3.63, 3.8) is 0 Å².